The van der Waals surface area contributed by atoms with Crippen LogP contribution in [0.3, 0.4) is 0 Å². The minimum absolute atomic E-state index is 0.0642. The van der Waals surface area contributed by atoms with Gasteiger partial charge in [0.1, 0.15) is 91.6 Å². The van der Waals surface area contributed by atoms with Crippen molar-refractivity contribution in [2.75, 3.05) is 13.3 Å². The molecule has 642 valence electrons. The number of hydrogen-bond donors (Lipinski definition) is 15. The minimum atomic E-state index is -6.82. The fraction of sp³-hybridized carbons (Fsp3) is 0.688. The molecule has 78 heteroatoms. The zero-order chi connectivity index (χ0) is 84.9. The Hall–Kier alpha value is -3.37. The lowest BCUT2D eigenvalue weighted by Crippen LogP contribution is -2.69. The Labute approximate surface area is 619 Å². The summed E-state index contributed by atoms with van der Waals surface area (Å²) in [5.74, 6) is 0. The van der Waals surface area contributed by atoms with Crippen LogP contribution >= 0.6 is 0 Å². The van der Waals surface area contributed by atoms with Gasteiger partial charge in [-0.15, -0.1) is 0 Å². The van der Waals surface area contributed by atoms with E-state index in [1.165, 1.54) is 0 Å². The molecule has 0 bridgehead atoms. The Morgan fingerprint density at radius 1 is 0.173 bits per heavy atom. The van der Waals surface area contributed by atoms with Gasteiger partial charge in [0.2, 0.25) is 0 Å². The summed E-state index contributed by atoms with van der Waals surface area (Å²) in [6.45, 7) is -5.19. The van der Waals surface area contributed by atoms with E-state index >= 15 is 0 Å². The van der Waals surface area contributed by atoms with Crippen LogP contribution in [0.15, 0.2) is 60.8 Å². The zero-order valence-corrected chi connectivity index (χ0v) is 63.5. The van der Waals surface area contributed by atoms with Crippen molar-refractivity contribution in [3.63, 3.8) is 0 Å². The second-order valence-corrected chi connectivity index (χ2v) is 36.8. The molecule has 5 aliphatic rings. The second-order valence-electron chi connectivity index (χ2n) is 21.1. The first-order valence-corrected chi connectivity index (χ1v) is 46.8. The van der Waals surface area contributed by atoms with E-state index in [0.29, 0.717) is 0 Å². The van der Waals surface area contributed by atoms with Gasteiger partial charge in [-0.25, -0.2) is 62.7 Å². The first kappa shape index (κ1) is 97.2. The maximum absolute atomic E-state index is 13.2. The third kappa shape index (κ3) is 33.0. The molecule has 0 fully saturated rings. The number of nitrogens with zero attached hydrogens (tertiary/aromatic N) is 3. The van der Waals surface area contributed by atoms with E-state index in [0.717, 1.165) is 0 Å². The highest BCUT2D eigenvalue weighted by molar-refractivity contribution is 7.84. The maximum Gasteiger partial charge on any atom is 0.398 e. The van der Waals surface area contributed by atoms with E-state index in [-0.39, 0.29) is 75.5 Å². The van der Waals surface area contributed by atoms with Crippen LogP contribution in [0.2, 0.25) is 0 Å². The van der Waals surface area contributed by atoms with Crippen LogP contribution in [-0.2, 0) is 219 Å². The molecule has 0 amide bonds. The van der Waals surface area contributed by atoms with Gasteiger partial charge < -0.3 is 0 Å². The first-order valence-electron chi connectivity index (χ1n) is 26.3. The molecule has 110 heavy (non-hydrogen) atoms. The standard InChI is InChI=1S/C32H49N3O60S15/c36-96(37,38)81-18-6-1-13(23(86-101(51,52)53)28(18)91-106(66,67)68)33(11-34(14-2-7-19(82-97(39,40)41)29(92-107(69,70)71)24(14)87-102(54,55)56)15-3-8-20(83-98(42,43)44)30(93-108(72,73)74)25(15)88-103(57,58)59)12-35(16-4-9-21(84-99(45,46)47)31(94-109(75,76)77)26(16)89-104(60,61)62)17-5-10-22(85-100(48,49)50)32(95-110(78,79)80)27(17)90-105(63,64)65/h1-10,13-32H,11-12H2,(H,36,37,38)(H,39,40,41)(H,42,43,44)(H,45,46,47)(H,48,49,50)(H,51,52,53)(H,54,55,56)(H,57,58,59)(H,60,61,62)(H,63,64,65)(H,66,67,68)(H,69,70,71)(H,72,73,74)(H,75,76,77)(H,78,79,80)/t13?,14-,15-,16-,17-,18+,19+,20+,21+,22+,23+,24+,25+,26+,27+,28+,29+,30+,31+,32+/m0/s1. The van der Waals surface area contributed by atoms with Gasteiger partial charge in [-0.1, -0.05) is 60.8 Å². The first-order chi connectivity index (χ1) is 48.8. The molecular weight excluding hydrogens is 1870 g/mol. The summed E-state index contributed by atoms with van der Waals surface area (Å²) in [6, 6.07) is -17.1. The minimum Gasteiger partial charge on any atom is -0.272 e. The van der Waals surface area contributed by atoms with E-state index < -0.39 is 291 Å². The van der Waals surface area contributed by atoms with E-state index in [2.05, 4.69) is 62.7 Å². The molecule has 0 saturated heterocycles. The summed E-state index contributed by atoms with van der Waals surface area (Å²) in [4.78, 5) is -1.01. The molecule has 0 heterocycles. The Bertz CT molecular complexity index is 4860. The topological polar surface area (TPSA) is 964 Å². The van der Waals surface area contributed by atoms with Gasteiger partial charge in [0.25, 0.3) is 0 Å². The van der Waals surface area contributed by atoms with Crippen molar-refractivity contribution in [1.29, 1.82) is 0 Å². The van der Waals surface area contributed by atoms with Gasteiger partial charge in [0, 0.05) is 0 Å². The van der Waals surface area contributed by atoms with Crippen molar-refractivity contribution in [3.05, 3.63) is 60.8 Å². The Balaban J connectivity index is 2.30. The summed E-state index contributed by atoms with van der Waals surface area (Å²) < 4.78 is 598. The molecule has 0 saturated carbocycles. The average Bonchev–Trinajstić information content (AvgIpc) is 0.749. The molecule has 5 aliphatic carbocycles. The van der Waals surface area contributed by atoms with E-state index in [9.17, 15) is 195 Å². The van der Waals surface area contributed by atoms with Gasteiger partial charge in [-0.05, 0) is 0 Å². The average molecular weight is 1920 g/mol. The molecule has 63 nitrogen and oxygen atoms in total. The molecular formula is C32H49N3O60S15. The third-order valence-corrected chi connectivity index (χ3v) is 20.5. The van der Waals surface area contributed by atoms with E-state index in [4.69, 9.17) is 0 Å². The highest BCUT2D eigenvalue weighted by Crippen LogP contribution is 2.41. The predicted molar refractivity (Wildman–Crippen MR) is 326 cm³/mol. The molecule has 0 aliphatic heterocycles. The van der Waals surface area contributed by atoms with Gasteiger partial charge in [0.05, 0.1) is 43.5 Å². The van der Waals surface area contributed by atoms with Crippen LogP contribution in [0.4, 0.5) is 0 Å². The summed E-state index contributed by atoms with van der Waals surface area (Å²) in [7, 11) is -98.6. The largest absolute Gasteiger partial charge is 0.398 e. The molecule has 0 aromatic heterocycles. The summed E-state index contributed by atoms with van der Waals surface area (Å²) in [5.41, 5.74) is 0. The van der Waals surface area contributed by atoms with Gasteiger partial charge in [-0.3, -0.25) is 83.0 Å². The highest BCUT2D eigenvalue weighted by Gasteiger charge is 2.58. The van der Waals surface area contributed by atoms with Crippen molar-refractivity contribution in [3.8, 4) is 0 Å². The SMILES string of the molecule is O=S(=O)(O)O[C@H]1[C@H](OS(=O)(=O)O)[C@@H](N(CN(CN([C@H]2C=C[C@@H](OS(=O)(=O)O)[C@@H](OS(=O)(=O)O)[C@@H]2OS(=O)(=O)O)[C@H]2C=C[C@@H](OS(=O)(=O)O)[C@@H](OS(=O)(=O)O)[C@@H]2OS(=O)(=O)O)C2C=C[C@@H](OS(=O)(=O)O)[C@@H](OS(=O)(=O)O)[C@@H]2OS(=O)(=O)O)[C@H]2C=C[C@@H](OS(=O)(=O)O)[C@@H](OS(=O)(=O)O)[C@@H]2OS(=O)(=O)O)C=C[C@H]1OS(=O)(=O)O. The van der Waals surface area contributed by atoms with Crippen molar-refractivity contribution < 1.29 is 257 Å². The zero-order valence-electron chi connectivity index (χ0n) is 51.3. The van der Waals surface area contributed by atoms with Crippen LogP contribution < -0.4 is 0 Å². The normalized spacial score (nSPS) is 31.2. The number of rotatable bonds is 39. The fourth-order valence-corrected chi connectivity index (χ4v) is 18.0. The summed E-state index contributed by atoms with van der Waals surface area (Å²) in [6.07, 6.45) is -54.5. The quantitative estimate of drug-likeness (QED) is 0.0154. The highest BCUT2D eigenvalue weighted by atomic mass is 32.3. The smallest absolute Gasteiger partial charge is 0.272 e. The van der Waals surface area contributed by atoms with Gasteiger partial charge >= 0.3 is 156 Å². The lowest BCUT2D eigenvalue weighted by Gasteiger charge is -2.53. The van der Waals surface area contributed by atoms with Crippen molar-refractivity contribution in [2.24, 2.45) is 0 Å². The van der Waals surface area contributed by atoms with E-state index in [1.54, 1.807) is 0 Å². The molecule has 1 unspecified atom stereocenters. The van der Waals surface area contributed by atoms with Crippen LogP contribution in [0, 0.1) is 0 Å². The molecule has 5 rings (SSSR count). The number of hydrogen-bond acceptors (Lipinski definition) is 48. The third-order valence-electron chi connectivity index (χ3n) is 13.5. The Kier molecular flexibility index (Phi) is 30.6. The molecule has 20 atom stereocenters. The lowest BCUT2D eigenvalue weighted by molar-refractivity contribution is -0.127. The Morgan fingerprint density at radius 2 is 0.291 bits per heavy atom. The van der Waals surface area contributed by atoms with Crippen LogP contribution in [0.1, 0.15) is 0 Å². The Morgan fingerprint density at radius 3 is 0.427 bits per heavy atom. The molecule has 0 aromatic carbocycles. The second kappa shape index (κ2) is 34.7. The van der Waals surface area contributed by atoms with Gasteiger partial charge in [-0.2, -0.15) is 126 Å². The van der Waals surface area contributed by atoms with Crippen molar-refractivity contribution in [1.82, 2.24) is 14.7 Å². The predicted octanol–water partition coefficient (Wildman–Crippen LogP) is -10.7. The van der Waals surface area contributed by atoms with Crippen LogP contribution in [0.25, 0.3) is 0 Å². The van der Waals surface area contributed by atoms with Crippen LogP contribution in [-0.4, -0.2) is 344 Å². The molecule has 15 N–H and O–H groups in total. The monoisotopic (exact) mass is 1910 g/mol. The van der Waals surface area contributed by atoms with Crippen LogP contribution in [0.5, 0.6) is 0 Å². The summed E-state index contributed by atoms with van der Waals surface area (Å²) in [5, 5.41) is 0. The maximum atomic E-state index is 13.2. The molecule has 0 spiro atoms. The van der Waals surface area contributed by atoms with Crippen molar-refractivity contribution in [2.45, 2.75) is 122 Å². The summed E-state index contributed by atoms with van der Waals surface area (Å²) >= 11 is 0. The molecule has 0 radical (unpaired) electrons. The van der Waals surface area contributed by atoms with Crippen molar-refractivity contribution >= 4 is 156 Å². The van der Waals surface area contributed by atoms with E-state index in [1.807, 2.05) is 0 Å². The lowest BCUT2D eigenvalue weighted by atomic mass is 9.87. The molecule has 0 aromatic rings. The fourth-order valence-electron chi connectivity index (χ4n) is 10.7. The van der Waals surface area contributed by atoms with Gasteiger partial charge in [0.15, 0.2) is 0 Å².